The maximum atomic E-state index is 12.5. The van der Waals surface area contributed by atoms with Gasteiger partial charge >= 0.3 is 0 Å². The lowest BCUT2D eigenvalue weighted by molar-refractivity contribution is 0.00362. The number of ether oxygens (including phenoxy) is 1. The lowest BCUT2D eigenvalue weighted by Crippen LogP contribution is -2.47. The summed E-state index contributed by atoms with van der Waals surface area (Å²) in [6.07, 6.45) is 1.67. The van der Waals surface area contributed by atoms with Gasteiger partial charge in [-0.3, -0.25) is 4.79 Å². The molecule has 1 amide bonds. The fourth-order valence-corrected chi connectivity index (χ4v) is 2.32. The summed E-state index contributed by atoms with van der Waals surface area (Å²) in [6, 6.07) is 1.89. The highest BCUT2D eigenvalue weighted by atomic mass is 79.9. The van der Waals surface area contributed by atoms with Gasteiger partial charge in [0.1, 0.15) is 5.82 Å². The van der Waals surface area contributed by atoms with Crippen LogP contribution in [0.25, 0.3) is 0 Å². The summed E-state index contributed by atoms with van der Waals surface area (Å²) < 4.78 is 6.14. The van der Waals surface area contributed by atoms with Gasteiger partial charge in [-0.05, 0) is 28.9 Å². The van der Waals surface area contributed by atoms with E-state index in [1.807, 2.05) is 11.8 Å². The Morgan fingerprint density at radius 3 is 3.11 bits per heavy atom. The van der Waals surface area contributed by atoms with Gasteiger partial charge in [-0.1, -0.05) is 0 Å². The molecule has 2 rings (SSSR count). The van der Waals surface area contributed by atoms with E-state index in [1.165, 1.54) is 0 Å². The Kier molecular flexibility index (Phi) is 4.19. The molecule has 1 N–H and O–H groups in total. The fraction of sp³-hybridized carbons (Fsp3) is 0.500. The first-order chi connectivity index (χ1) is 8.63. The van der Waals surface area contributed by atoms with Crippen molar-refractivity contribution in [2.24, 2.45) is 0 Å². The van der Waals surface area contributed by atoms with Crippen LogP contribution in [0.2, 0.25) is 0 Å². The van der Waals surface area contributed by atoms with Crippen LogP contribution in [-0.4, -0.2) is 48.6 Å². The topological polar surface area (TPSA) is 54.5 Å². The molecule has 0 aromatic carbocycles. The summed E-state index contributed by atoms with van der Waals surface area (Å²) >= 11 is 3.35. The van der Waals surface area contributed by atoms with Gasteiger partial charge in [0, 0.05) is 24.3 Å². The van der Waals surface area contributed by atoms with Crippen LogP contribution in [0.1, 0.15) is 17.3 Å². The van der Waals surface area contributed by atoms with Crippen molar-refractivity contribution >= 4 is 27.7 Å². The van der Waals surface area contributed by atoms with Crippen LogP contribution in [0.3, 0.4) is 0 Å². The number of hydrogen-bond acceptors (Lipinski definition) is 4. The van der Waals surface area contributed by atoms with Gasteiger partial charge in [0.15, 0.2) is 0 Å². The molecule has 1 unspecified atom stereocenters. The second-order valence-electron chi connectivity index (χ2n) is 4.22. The molecule has 18 heavy (non-hydrogen) atoms. The standard InChI is InChI=1S/C12H16BrN3O2/c1-8-7-18-4-3-16(8)12(17)10-5-9(13)6-15-11(10)14-2/h5-6,8H,3-4,7H2,1-2H3,(H,14,15). The normalized spacial score (nSPS) is 19.7. The fourth-order valence-electron chi connectivity index (χ4n) is 1.99. The molecule has 0 spiro atoms. The quantitative estimate of drug-likeness (QED) is 0.903. The maximum Gasteiger partial charge on any atom is 0.258 e. The lowest BCUT2D eigenvalue weighted by atomic mass is 10.1. The largest absolute Gasteiger partial charge is 0.377 e. The second kappa shape index (κ2) is 5.67. The van der Waals surface area contributed by atoms with Crippen molar-refractivity contribution < 1.29 is 9.53 Å². The van der Waals surface area contributed by atoms with Crippen LogP contribution in [-0.2, 0) is 4.74 Å². The molecule has 1 saturated heterocycles. The first-order valence-electron chi connectivity index (χ1n) is 5.85. The van der Waals surface area contributed by atoms with E-state index in [9.17, 15) is 4.79 Å². The van der Waals surface area contributed by atoms with Gasteiger partial charge < -0.3 is 15.0 Å². The van der Waals surface area contributed by atoms with Crippen molar-refractivity contribution in [3.8, 4) is 0 Å². The molecule has 1 aliphatic rings. The molecule has 5 nitrogen and oxygen atoms in total. The smallest absolute Gasteiger partial charge is 0.258 e. The molecule has 1 aromatic rings. The van der Waals surface area contributed by atoms with E-state index in [-0.39, 0.29) is 11.9 Å². The Hall–Kier alpha value is -1.14. The number of amides is 1. The molecule has 1 atom stereocenters. The van der Waals surface area contributed by atoms with E-state index >= 15 is 0 Å². The third-order valence-electron chi connectivity index (χ3n) is 2.95. The molecular weight excluding hydrogens is 298 g/mol. The first-order valence-corrected chi connectivity index (χ1v) is 6.64. The summed E-state index contributed by atoms with van der Waals surface area (Å²) in [5, 5.41) is 2.95. The summed E-state index contributed by atoms with van der Waals surface area (Å²) in [5.41, 5.74) is 0.584. The number of nitrogens with one attached hydrogen (secondary N) is 1. The van der Waals surface area contributed by atoms with Gasteiger partial charge in [0.25, 0.3) is 5.91 Å². The van der Waals surface area contributed by atoms with Gasteiger partial charge in [-0.15, -0.1) is 0 Å². The zero-order valence-corrected chi connectivity index (χ0v) is 12.0. The van der Waals surface area contributed by atoms with Gasteiger partial charge in [-0.2, -0.15) is 0 Å². The Bertz CT molecular complexity index is 453. The molecular formula is C12H16BrN3O2. The highest BCUT2D eigenvalue weighted by molar-refractivity contribution is 9.10. The highest BCUT2D eigenvalue weighted by Crippen LogP contribution is 2.21. The average molecular weight is 314 g/mol. The Morgan fingerprint density at radius 1 is 1.67 bits per heavy atom. The van der Waals surface area contributed by atoms with E-state index in [0.29, 0.717) is 31.1 Å². The number of nitrogens with zero attached hydrogens (tertiary/aromatic N) is 2. The number of aromatic nitrogens is 1. The molecule has 0 radical (unpaired) electrons. The van der Waals surface area contributed by atoms with Crippen molar-refractivity contribution in [1.82, 2.24) is 9.88 Å². The molecule has 0 aliphatic carbocycles. The predicted octanol–water partition coefficient (Wildman–Crippen LogP) is 1.75. The van der Waals surface area contributed by atoms with Crippen molar-refractivity contribution in [3.63, 3.8) is 0 Å². The summed E-state index contributed by atoms with van der Waals surface area (Å²) in [4.78, 5) is 18.5. The minimum atomic E-state index is -0.0102. The number of carbonyl (C=O) groups is 1. The third-order valence-corrected chi connectivity index (χ3v) is 3.38. The van der Waals surface area contributed by atoms with Crippen molar-refractivity contribution in [2.75, 3.05) is 32.1 Å². The first kappa shape index (κ1) is 13.3. The molecule has 0 bridgehead atoms. The van der Waals surface area contributed by atoms with Crippen LogP contribution in [0.4, 0.5) is 5.82 Å². The zero-order valence-electron chi connectivity index (χ0n) is 10.4. The van der Waals surface area contributed by atoms with Crippen LogP contribution in [0.15, 0.2) is 16.7 Å². The van der Waals surface area contributed by atoms with E-state index in [0.717, 1.165) is 4.47 Å². The number of carbonyl (C=O) groups excluding carboxylic acids is 1. The van der Waals surface area contributed by atoms with E-state index < -0.39 is 0 Å². The second-order valence-corrected chi connectivity index (χ2v) is 5.14. The van der Waals surface area contributed by atoms with Crippen molar-refractivity contribution in [2.45, 2.75) is 13.0 Å². The number of hydrogen-bond donors (Lipinski definition) is 1. The van der Waals surface area contributed by atoms with Crippen LogP contribution < -0.4 is 5.32 Å². The number of pyridine rings is 1. The number of anilines is 1. The molecule has 1 fully saturated rings. The molecule has 6 heteroatoms. The lowest BCUT2D eigenvalue weighted by Gasteiger charge is -2.33. The Labute approximate surface area is 115 Å². The Balaban J connectivity index is 2.29. The van der Waals surface area contributed by atoms with E-state index in [1.54, 1.807) is 19.3 Å². The minimum Gasteiger partial charge on any atom is -0.377 e. The van der Waals surface area contributed by atoms with Crippen molar-refractivity contribution in [1.29, 1.82) is 0 Å². The van der Waals surface area contributed by atoms with Crippen LogP contribution in [0.5, 0.6) is 0 Å². The summed E-state index contributed by atoms with van der Waals surface area (Å²) in [7, 11) is 1.76. The molecule has 1 aromatic heterocycles. The zero-order chi connectivity index (χ0) is 13.1. The third kappa shape index (κ3) is 2.64. The van der Waals surface area contributed by atoms with Gasteiger partial charge in [0.2, 0.25) is 0 Å². The molecule has 2 heterocycles. The summed E-state index contributed by atoms with van der Waals surface area (Å²) in [6.45, 7) is 3.78. The van der Waals surface area contributed by atoms with E-state index in [4.69, 9.17) is 4.74 Å². The van der Waals surface area contributed by atoms with Crippen molar-refractivity contribution in [3.05, 3.63) is 22.3 Å². The number of rotatable bonds is 2. The SMILES string of the molecule is CNc1ncc(Br)cc1C(=O)N1CCOCC1C. The average Bonchev–Trinajstić information content (AvgIpc) is 2.38. The molecule has 1 aliphatic heterocycles. The Morgan fingerprint density at radius 2 is 2.44 bits per heavy atom. The van der Waals surface area contributed by atoms with Crippen LogP contribution in [0, 0.1) is 0 Å². The van der Waals surface area contributed by atoms with E-state index in [2.05, 4.69) is 26.2 Å². The monoisotopic (exact) mass is 313 g/mol. The minimum absolute atomic E-state index is 0.0102. The number of morpholine rings is 1. The molecule has 98 valence electrons. The maximum absolute atomic E-state index is 12.5. The van der Waals surface area contributed by atoms with Gasteiger partial charge in [0.05, 0.1) is 24.8 Å². The number of halogens is 1. The van der Waals surface area contributed by atoms with Gasteiger partial charge in [-0.25, -0.2) is 4.98 Å². The van der Waals surface area contributed by atoms with Crippen LogP contribution >= 0.6 is 15.9 Å². The highest BCUT2D eigenvalue weighted by Gasteiger charge is 2.26. The predicted molar refractivity (Wildman–Crippen MR) is 72.8 cm³/mol. The molecule has 0 saturated carbocycles. The summed E-state index contributed by atoms with van der Waals surface area (Å²) in [5.74, 6) is 0.589.